The number of nitrogens with one attached hydrogen (secondary N) is 2. The van der Waals surface area contributed by atoms with E-state index in [0.29, 0.717) is 12.1 Å². The van der Waals surface area contributed by atoms with Gasteiger partial charge >= 0.3 is 0 Å². The molecule has 2 rings (SSSR count). The van der Waals surface area contributed by atoms with E-state index in [0.717, 1.165) is 5.56 Å². The first kappa shape index (κ1) is 16.2. The van der Waals surface area contributed by atoms with Crippen LogP contribution < -0.4 is 10.6 Å². The van der Waals surface area contributed by atoms with Gasteiger partial charge in [-0.25, -0.2) is 0 Å². The zero-order valence-electron chi connectivity index (χ0n) is 13.5. The molecule has 0 heterocycles. The van der Waals surface area contributed by atoms with E-state index >= 15 is 0 Å². The molecule has 1 amide bonds. The minimum atomic E-state index is -0.0619. The summed E-state index contributed by atoms with van der Waals surface area (Å²) in [5.74, 6) is -0.0508. The van der Waals surface area contributed by atoms with Crippen molar-refractivity contribution in [1.82, 2.24) is 10.6 Å². The first-order chi connectivity index (χ1) is 10.5. The van der Waals surface area contributed by atoms with Gasteiger partial charge in [0.25, 0.3) is 5.91 Å². The van der Waals surface area contributed by atoms with E-state index in [1.807, 2.05) is 60.7 Å². The molecule has 22 heavy (non-hydrogen) atoms. The summed E-state index contributed by atoms with van der Waals surface area (Å²) in [6, 6.07) is 19.3. The van der Waals surface area contributed by atoms with Crippen LogP contribution in [0.25, 0.3) is 0 Å². The Bertz CT molecular complexity index is 588. The number of rotatable bonds is 5. The smallest absolute Gasteiger partial charge is 0.251 e. The van der Waals surface area contributed by atoms with E-state index in [2.05, 4.69) is 31.4 Å². The maximum absolute atomic E-state index is 12.4. The van der Waals surface area contributed by atoms with Crippen LogP contribution in [0.3, 0.4) is 0 Å². The standard InChI is InChI=1S/C19H24N2O/c1-19(2,3)20-14-17(15-10-6-4-7-11-15)21-18(22)16-12-8-5-9-13-16/h4-13,17,20H,14H2,1-3H3,(H,21,22). The number of benzene rings is 2. The van der Waals surface area contributed by atoms with Gasteiger partial charge in [0.05, 0.1) is 6.04 Å². The van der Waals surface area contributed by atoms with Gasteiger partial charge in [0.1, 0.15) is 0 Å². The number of hydrogen-bond donors (Lipinski definition) is 2. The molecule has 3 nitrogen and oxygen atoms in total. The number of carbonyl (C=O) groups excluding carboxylic acids is 1. The summed E-state index contributed by atoms with van der Waals surface area (Å²) < 4.78 is 0. The number of hydrogen-bond acceptors (Lipinski definition) is 2. The molecule has 3 heteroatoms. The molecule has 2 N–H and O–H groups in total. The maximum atomic E-state index is 12.4. The average Bonchev–Trinajstić information content (AvgIpc) is 2.52. The van der Waals surface area contributed by atoms with Crippen LogP contribution >= 0.6 is 0 Å². The van der Waals surface area contributed by atoms with Crippen LogP contribution in [0.1, 0.15) is 42.7 Å². The molecule has 0 spiro atoms. The van der Waals surface area contributed by atoms with Crippen LogP contribution in [0.5, 0.6) is 0 Å². The normalized spacial score (nSPS) is 12.7. The first-order valence-corrected chi connectivity index (χ1v) is 7.61. The predicted octanol–water partition coefficient (Wildman–Crippen LogP) is 3.55. The van der Waals surface area contributed by atoms with Crippen LogP contribution in [0.15, 0.2) is 60.7 Å². The van der Waals surface area contributed by atoms with Crippen molar-refractivity contribution >= 4 is 5.91 Å². The molecule has 1 unspecified atom stereocenters. The summed E-state index contributed by atoms with van der Waals surface area (Å²) in [6.45, 7) is 7.04. The molecular weight excluding hydrogens is 272 g/mol. The summed E-state index contributed by atoms with van der Waals surface area (Å²) >= 11 is 0. The summed E-state index contributed by atoms with van der Waals surface area (Å²) in [5, 5.41) is 6.58. The third-order valence-corrected chi connectivity index (χ3v) is 3.38. The van der Waals surface area contributed by atoms with E-state index in [-0.39, 0.29) is 17.5 Å². The van der Waals surface area contributed by atoms with Crippen LogP contribution in [0, 0.1) is 0 Å². The minimum Gasteiger partial charge on any atom is -0.344 e. The Morgan fingerprint density at radius 2 is 1.50 bits per heavy atom. The topological polar surface area (TPSA) is 41.1 Å². The summed E-state index contributed by atoms with van der Waals surface area (Å²) in [4.78, 5) is 12.4. The van der Waals surface area contributed by atoms with Gasteiger partial charge in [-0.3, -0.25) is 4.79 Å². The van der Waals surface area contributed by atoms with Gasteiger partial charge in [-0.05, 0) is 38.5 Å². The minimum absolute atomic E-state index is 0.00447. The average molecular weight is 296 g/mol. The Hall–Kier alpha value is -2.13. The van der Waals surface area contributed by atoms with Crippen molar-refractivity contribution in [1.29, 1.82) is 0 Å². The number of carbonyl (C=O) groups is 1. The van der Waals surface area contributed by atoms with E-state index in [4.69, 9.17) is 0 Å². The Balaban J connectivity index is 2.12. The molecule has 0 saturated carbocycles. The molecule has 0 aliphatic rings. The van der Waals surface area contributed by atoms with Crippen molar-refractivity contribution in [3.8, 4) is 0 Å². The molecule has 0 radical (unpaired) electrons. The van der Waals surface area contributed by atoms with Gasteiger partial charge in [0.15, 0.2) is 0 Å². The molecule has 1 atom stereocenters. The summed E-state index contributed by atoms with van der Waals surface area (Å²) in [7, 11) is 0. The molecule has 2 aromatic rings. The Labute approximate surface area is 132 Å². The first-order valence-electron chi connectivity index (χ1n) is 7.61. The summed E-state index contributed by atoms with van der Waals surface area (Å²) in [5.41, 5.74) is 1.78. The lowest BCUT2D eigenvalue weighted by Gasteiger charge is -2.26. The second-order valence-corrected chi connectivity index (χ2v) is 6.43. The van der Waals surface area contributed by atoms with Gasteiger partial charge in [-0.15, -0.1) is 0 Å². The zero-order chi connectivity index (χ0) is 16.0. The SMILES string of the molecule is CC(C)(C)NCC(NC(=O)c1ccccc1)c1ccccc1. The van der Waals surface area contributed by atoms with E-state index < -0.39 is 0 Å². The fraction of sp³-hybridized carbons (Fsp3) is 0.316. The highest BCUT2D eigenvalue weighted by atomic mass is 16.1. The molecular formula is C19H24N2O. The highest BCUT2D eigenvalue weighted by Gasteiger charge is 2.18. The van der Waals surface area contributed by atoms with Crippen molar-refractivity contribution in [3.63, 3.8) is 0 Å². The predicted molar refractivity (Wildman–Crippen MR) is 90.8 cm³/mol. The third kappa shape index (κ3) is 5.01. The second-order valence-electron chi connectivity index (χ2n) is 6.43. The van der Waals surface area contributed by atoms with E-state index in [9.17, 15) is 4.79 Å². The Kier molecular flexibility index (Phi) is 5.34. The molecule has 0 saturated heterocycles. The second kappa shape index (κ2) is 7.23. The molecule has 0 fully saturated rings. The lowest BCUT2D eigenvalue weighted by molar-refractivity contribution is 0.0934. The maximum Gasteiger partial charge on any atom is 0.251 e. The van der Waals surface area contributed by atoms with Gasteiger partial charge in [-0.2, -0.15) is 0 Å². The zero-order valence-corrected chi connectivity index (χ0v) is 13.5. The fourth-order valence-corrected chi connectivity index (χ4v) is 2.18. The molecule has 0 bridgehead atoms. The molecule has 0 aliphatic heterocycles. The van der Waals surface area contributed by atoms with Crippen LogP contribution in [-0.4, -0.2) is 18.0 Å². The van der Waals surface area contributed by atoms with Crippen LogP contribution in [0.2, 0.25) is 0 Å². The monoisotopic (exact) mass is 296 g/mol. The van der Waals surface area contributed by atoms with Crippen LogP contribution in [0.4, 0.5) is 0 Å². The molecule has 2 aromatic carbocycles. The van der Waals surface area contributed by atoms with Gasteiger partial charge in [0, 0.05) is 17.6 Å². The quantitative estimate of drug-likeness (QED) is 0.886. The van der Waals surface area contributed by atoms with E-state index in [1.54, 1.807) is 0 Å². The summed E-state index contributed by atoms with van der Waals surface area (Å²) in [6.07, 6.45) is 0. The van der Waals surface area contributed by atoms with Gasteiger partial charge < -0.3 is 10.6 Å². The van der Waals surface area contributed by atoms with E-state index in [1.165, 1.54) is 0 Å². The Morgan fingerprint density at radius 3 is 2.05 bits per heavy atom. The highest BCUT2D eigenvalue weighted by molar-refractivity contribution is 5.94. The largest absolute Gasteiger partial charge is 0.344 e. The lowest BCUT2D eigenvalue weighted by Crippen LogP contribution is -2.43. The lowest BCUT2D eigenvalue weighted by atomic mass is 10.0. The molecule has 116 valence electrons. The third-order valence-electron chi connectivity index (χ3n) is 3.38. The number of amides is 1. The van der Waals surface area contributed by atoms with Crippen molar-refractivity contribution in [2.45, 2.75) is 32.4 Å². The molecule has 0 aromatic heterocycles. The van der Waals surface area contributed by atoms with Crippen molar-refractivity contribution in [3.05, 3.63) is 71.8 Å². The van der Waals surface area contributed by atoms with Crippen molar-refractivity contribution < 1.29 is 4.79 Å². The van der Waals surface area contributed by atoms with Gasteiger partial charge in [0.2, 0.25) is 0 Å². The highest BCUT2D eigenvalue weighted by Crippen LogP contribution is 2.14. The van der Waals surface area contributed by atoms with Crippen molar-refractivity contribution in [2.75, 3.05) is 6.54 Å². The Morgan fingerprint density at radius 1 is 0.955 bits per heavy atom. The van der Waals surface area contributed by atoms with Gasteiger partial charge in [-0.1, -0.05) is 48.5 Å². The van der Waals surface area contributed by atoms with Crippen LogP contribution in [-0.2, 0) is 0 Å². The van der Waals surface area contributed by atoms with Crippen molar-refractivity contribution in [2.24, 2.45) is 0 Å². The fourth-order valence-electron chi connectivity index (χ4n) is 2.18. The molecule has 0 aliphatic carbocycles.